The van der Waals surface area contributed by atoms with E-state index in [2.05, 4.69) is 10.3 Å². The van der Waals surface area contributed by atoms with Gasteiger partial charge >= 0.3 is 0 Å². The summed E-state index contributed by atoms with van der Waals surface area (Å²) in [6.07, 6.45) is 0.576. The first-order valence-electron chi connectivity index (χ1n) is 10.9. The summed E-state index contributed by atoms with van der Waals surface area (Å²) in [7, 11) is 3.31. The van der Waals surface area contributed by atoms with Gasteiger partial charge in [-0.05, 0) is 55.8 Å². The number of likely N-dealkylation sites (N-methyl/N-ethyl adjacent to an activating group) is 1. The maximum Gasteiger partial charge on any atom is 0.240 e. The van der Waals surface area contributed by atoms with Gasteiger partial charge in [0.1, 0.15) is 28.8 Å². The van der Waals surface area contributed by atoms with Gasteiger partial charge < -0.3 is 9.64 Å². The normalized spacial score (nSPS) is 18.3. The van der Waals surface area contributed by atoms with E-state index >= 15 is 0 Å². The number of methoxy groups -OCH3 is 1. The smallest absolute Gasteiger partial charge is 0.240 e. The average Bonchev–Trinajstić information content (AvgIpc) is 3.41. The number of nitrogens with zero attached hydrogens (tertiary/aromatic N) is 4. The lowest BCUT2D eigenvalue weighted by Crippen LogP contribution is -2.43. The Morgan fingerprint density at radius 3 is 2.68 bits per heavy atom. The van der Waals surface area contributed by atoms with Crippen molar-refractivity contribution < 1.29 is 22.9 Å². The molecule has 4 rings (SSSR count). The Labute approximate surface area is 201 Å². The van der Waals surface area contributed by atoms with Gasteiger partial charge in [0.25, 0.3) is 0 Å². The van der Waals surface area contributed by atoms with Crippen LogP contribution in [-0.4, -0.2) is 58.0 Å². The second kappa shape index (κ2) is 10.5. The first-order chi connectivity index (χ1) is 16.3. The van der Waals surface area contributed by atoms with Crippen molar-refractivity contribution in [2.24, 2.45) is 0 Å². The molecule has 180 valence electrons. The van der Waals surface area contributed by atoms with Crippen LogP contribution < -0.4 is 4.74 Å². The van der Waals surface area contributed by atoms with Gasteiger partial charge in [-0.2, -0.15) is 0 Å². The SMILES string of the molecule is COc1ccc(S[C@@H]2C[C@@H](C(=O)N(C)Cc3nonc3C)N(Cc3cc(F)ccc3F)C2)cc1. The van der Waals surface area contributed by atoms with Crippen LogP contribution in [0.1, 0.15) is 23.4 Å². The van der Waals surface area contributed by atoms with Gasteiger partial charge in [0, 0.05) is 35.8 Å². The minimum Gasteiger partial charge on any atom is -0.497 e. The van der Waals surface area contributed by atoms with Crippen LogP contribution in [0.4, 0.5) is 8.78 Å². The molecule has 1 aliphatic rings. The van der Waals surface area contributed by atoms with Gasteiger partial charge in [0.15, 0.2) is 0 Å². The second-order valence-electron chi connectivity index (χ2n) is 8.32. The third kappa shape index (κ3) is 5.56. The summed E-state index contributed by atoms with van der Waals surface area (Å²) in [5.41, 5.74) is 1.44. The number of carbonyl (C=O) groups excluding carboxylic acids is 1. The number of hydrogen-bond acceptors (Lipinski definition) is 7. The zero-order valence-corrected chi connectivity index (χ0v) is 20.0. The van der Waals surface area contributed by atoms with Gasteiger partial charge in [-0.1, -0.05) is 10.3 Å². The number of aryl methyl sites for hydroxylation is 1. The van der Waals surface area contributed by atoms with Crippen molar-refractivity contribution in [2.45, 2.75) is 42.6 Å². The van der Waals surface area contributed by atoms with Crippen molar-refractivity contribution in [3.05, 3.63) is 71.1 Å². The molecule has 1 aromatic heterocycles. The van der Waals surface area contributed by atoms with E-state index in [9.17, 15) is 13.6 Å². The standard InChI is InChI=1S/C24H26F2N4O3S/c1-15-22(28-33-27-15)14-29(2)24(31)23-11-20(34-19-7-5-18(32-3)6-8-19)13-30(23)12-16-10-17(25)4-9-21(16)26/h4-10,20,23H,11-14H2,1-3H3/t20-,23+/m1/s1. The molecule has 3 aromatic rings. The summed E-state index contributed by atoms with van der Waals surface area (Å²) in [6, 6.07) is 10.6. The Bertz CT molecular complexity index is 1140. The minimum atomic E-state index is -0.506. The topological polar surface area (TPSA) is 71.7 Å². The van der Waals surface area contributed by atoms with E-state index < -0.39 is 17.7 Å². The van der Waals surface area contributed by atoms with Gasteiger partial charge in [-0.3, -0.25) is 9.69 Å². The molecular weight excluding hydrogens is 462 g/mol. The van der Waals surface area contributed by atoms with Crippen molar-refractivity contribution in [2.75, 3.05) is 20.7 Å². The lowest BCUT2D eigenvalue weighted by molar-refractivity contribution is -0.135. The lowest BCUT2D eigenvalue weighted by Gasteiger charge is -2.27. The first kappa shape index (κ1) is 24.2. The Morgan fingerprint density at radius 1 is 1.24 bits per heavy atom. The van der Waals surface area contributed by atoms with Crippen molar-refractivity contribution in [1.29, 1.82) is 0 Å². The number of amides is 1. The third-order valence-corrected chi connectivity index (χ3v) is 7.12. The molecule has 2 aromatic carbocycles. The molecule has 2 heterocycles. The molecule has 2 atom stereocenters. The monoisotopic (exact) mass is 488 g/mol. The average molecular weight is 489 g/mol. The van der Waals surface area contributed by atoms with Crippen LogP contribution in [0, 0.1) is 18.6 Å². The summed E-state index contributed by atoms with van der Waals surface area (Å²) in [4.78, 5) is 18.0. The van der Waals surface area contributed by atoms with Gasteiger partial charge in [0.2, 0.25) is 5.91 Å². The predicted molar refractivity (Wildman–Crippen MR) is 123 cm³/mol. The molecule has 1 saturated heterocycles. The van der Waals surface area contributed by atoms with Crippen LogP contribution in [-0.2, 0) is 17.9 Å². The number of benzene rings is 2. The number of thioether (sulfide) groups is 1. The number of aromatic nitrogens is 2. The molecule has 1 aliphatic heterocycles. The Hall–Kier alpha value is -2.98. The van der Waals surface area contributed by atoms with E-state index in [1.807, 2.05) is 29.2 Å². The van der Waals surface area contributed by atoms with Crippen LogP contribution in [0.15, 0.2) is 52.0 Å². The molecular formula is C24H26F2N4O3S. The molecule has 0 N–H and O–H groups in total. The van der Waals surface area contributed by atoms with E-state index in [0.717, 1.165) is 22.8 Å². The quantitative estimate of drug-likeness (QED) is 0.474. The van der Waals surface area contributed by atoms with E-state index in [0.29, 0.717) is 24.4 Å². The number of halogens is 2. The number of carbonyl (C=O) groups is 1. The molecule has 10 heteroatoms. The minimum absolute atomic E-state index is 0.0998. The fraction of sp³-hybridized carbons (Fsp3) is 0.375. The highest BCUT2D eigenvalue weighted by Gasteiger charge is 2.39. The summed E-state index contributed by atoms with van der Waals surface area (Å²) < 4.78 is 38.1. The predicted octanol–water partition coefficient (Wildman–Crippen LogP) is 4.06. The molecule has 0 unspecified atom stereocenters. The van der Waals surface area contributed by atoms with Crippen LogP contribution >= 0.6 is 11.8 Å². The number of rotatable bonds is 8. The number of hydrogen-bond donors (Lipinski definition) is 0. The van der Waals surface area contributed by atoms with Crippen LogP contribution in [0.3, 0.4) is 0 Å². The second-order valence-corrected chi connectivity index (χ2v) is 9.70. The van der Waals surface area contributed by atoms with Gasteiger partial charge in [-0.15, -0.1) is 11.8 Å². The lowest BCUT2D eigenvalue weighted by atomic mass is 10.1. The molecule has 1 amide bonds. The van der Waals surface area contributed by atoms with Crippen molar-refractivity contribution in [1.82, 2.24) is 20.1 Å². The Morgan fingerprint density at radius 2 is 2.00 bits per heavy atom. The largest absolute Gasteiger partial charge is 0.497 e. The van der Waals surface area contributed by atoms with Crippen molar-refractivity contribution >= 4 is 17.7 Å². The summed E-state index contributed by atoms with van der Waals surface area (Å²) in [5, 5.41) is 7.72. The maximum absolute atomic E-state index is 14.4. The summed E-state index contributed by atoms with van der Waals surface area (Å²) in [6.45, 7) is 2.71. The molecule has 1 fully saturated rings. The Balaban J connectivity index is 1.52. The fourth-order valence-corrected chi connectivity index (χ4v) is 5.28. The number of likely N-dealkylation sites (tertiary alicyclic amines) is 1. The highest BCUT2D eigenvalue weighted by Crippen LogP contribution is 2.35. The van der Waals surface area contributed by atoms with Gasteiger partial charge in [-0.25, -0.2) is 13.4 Å². The zero-order valence-electron chi connectivity index (χ0n) is 19.2. The Kier molecular flexibility index (Phi) is 7.47. The first-order valence-corrected chi connectivity index (χ1v) is 11.7. The molecule has 0 bridgehead atoms. The van der Waals surface area contributed by atoms with E-state index in [4.69, 9.17) is 9.37 Å². The molecule has 0 saturated carbocycles. The molecule has 0 aliphatic carbocycles. The molecule has 0 spiro atoms. The highest BCUT2D eigenvalue weighted by atomic mass is 32.2. The summed E-state index contributed by atoms with van der Waals surface area (Å²) in [5.74, 6) is -0.339. The van der Waals surface area contributed by atoms with E-state index in [1.165, 1.54) is 6.07 Å². The molecule has 7 nitrogen and oxygen atoms in total. The van der Waals surface area contributed by atoms with Crippen molar-refractivity contribution in [3.63, 3.8) is 0 Å². The number of ether oxygens (including phenoxy) is 1. The van der Waals surface area contributed by atoms with Crippen molar-refractivity contribution in [3.8, 4) is 5.75 Å². The van der Waals surface area contributed by atoms with Crippen LogP contribution in [0.5, 0.6) is 5.75 Å². The van der Waals surface area contributed by atoms with E-state index in [1.54, 1.807) is 37.7 Å². The third-order valence-electron chi connectivity index (χ3n) is 5.90. The highest BCUT2D eigenvalue weighted by molar-refractivity contribution is 8.00. The zero-order chi connectivity index (χ0) is 24.2. The summed E-state index contributed by atoms with van der Waals surface area (Å²) >= 11 is 1.66. The van der Waals surface area contributed by atoms with E-state index in [-0.39, 0.29) is 29.8 Å². The molecule has 0 radical (unpaired) electrons. The fourth-order valence-electron chi connectivity index (χ4n) is 4.06. The molecule has 34 heavy (non-hydrogen) atoms. The van der Waals surface area contributed by atoms with Crippen LogP contribution in [0.2, 0.25) is 0 Å². The van der Waals surface area contributed by atoms with Crippen LogP contribution in [0.25, 0.3) is 0 Å². The van der Waals surface area contributed by atoms with Gasteiger partial charge in [0.05, 0.1) is 19.7 Å². The maximum atomic E-state index is 14.4.